The van der Waals surface area contributed by atoms with Crippen molar-refractivity contribution < 1.29 is 4.39 Å². The van der Waals surface area contributed by atoms with Crippen LogP contribution in [0.3, 0.4) is 0 Å². The number of fused-ring (bicyclic) bond motifs is 1. The van der Waals surface area contributed by atoms with E-state index in [4.69, 9.17) is 0 Å². The van der Waals surface area contributed by atoms with Gasteiger partial charge < -0.3 is 0 Å². The van der Waals surface area contributed by atoms with Gasteiger partial charge in [0.1, 0.15) is 5.82 Å². The molecule has 0 atom stereocenters. The number of halogens is 1. The Hall–Kier alpha value is -3.01. The predicted molar refractivity (Wildman–Crippen MR) is 89.5 cm³/mol. The molecule has 4 rings (SSSR count). The number of rotatable bonds is 2. The fraction of sp³-hybridized carbons (Fsp3) is 0.0526. The smallest absolute Gasteiger partial charge is 0.132 e. The molecule has 0 fully saturated rings. The van der Waals surface area contributed by atoms with Gasteiger partial charge in [-0.05, 0) is 48.4 Å². The van der Waals surface area contributed by atoms with Gasteiger partial charge in [0.05, 0.1) is 17.4 Å². The van der Waals surface area contributed by atoms with Crippen LogP contribution >= 0.6 is 0 Å². The van der Waals surface area contributed by atoms with E-state index in [0.29, 0.717) is 11.3 Å². The highest BCUT2D eigenvalue weighted by molar-refractivity contribution is 5.88. The van der Waals surface area contributed by atoms with Gasteiger partial charge in [-0.3, -0.25) is 10.1 Å². The van der Waals surface area contributed by atoms with Crippen molar-refractivity contribution in [3.63, 3.8) is 0 Å². The van der Waals surface area contributed by atoms with Crippen LogP contribution in [0.2, 0.25) is 0 Å². The molecule has 0 unspecified atom stereocenters. The van der Waals surface area contributed by atoms with E-state index in [1.54, 1.807) is 18.5 Å². The van der Waals surface area contributed by atoms with Gasteiger partial charge in [0.2, 0.25) is 0 Å². The van der Waals surface area contributed by atoms with Crippen molar-refractivity contribution in [2.45, 2.75) is 6.92 Å². The lowest BCUT2D eigenvalue weighted by Gasteiger charge is -2.10. The molecule has 0 aliphatic heterocycles. The standard InChI is InChI=1S/C19H14FN3/c1-12-4-6-16(17(20)9-12)19-15(3-2-8-21-19)13-5-7-18-14(10-13)11-22-23-18/h2-11H,1H3,(H,22,23). The highest BCUT2D eigenvalue weighted by Gasteiger charge is 2.13. The lowest BCUT2D eigenvalue weighted by Crippen LogP contribution is -1.92. The molecular formula is C19H14FN3. The molecule has 0 aliphatic carbocycles. The fourth-order valence-electron chi connectivity index (χ4n) is 2.78. The Morgan fingerprint density at radius 1 is 1.00 bits per heavy atom. The largest absolute Gasteiger partial charge is 0.278 e. The van der Waals surface area contributed by atoms with E-state index in [-0.39, 0.29) is 5.82 Å². The summed E-state index contributed by atoms with van der Waals surface area (Å²) in [5.41, 5.74) is 4.91. The Morgan fingerprint density at radius 3 is 2.78 bits per heavy atom. The first kappa shape index (κ1) is 13.6. The van der Waals surface area contributed by atoms with Crippen LogP contribution < -0.4 is 0 Å². The van der Waals surface area contributed by atoms with Gasteiger partial charge in [-0.2, -0.15) is 5.10 Å². The first-order valence-electron chi connectivity index (χ1n) is 7.37. The van der Waals surface area contributed by atoms with E-state index in [9.17, 15) is 4.39 Å². The Kier molecular flexibility index (Phi) is 3.15. The number of nitrogens with one attached hydrogen (secondary N) is 1. The average Bonchev–Trinajstić information content (AvgIpc) is 3.02. The van der Waals surface area contributed by atoms with Crippen LogP contribution in [0.5, 0.6) is 0 Å². The van der Waals surface area contributed by atoms with Crippen molar-refractivity contribution in [1.29, 1.82) is 0 Å². The van der Waals surface area contributed by atoms with Crippen LogP contribution in [0.4, 0.5) is 4.39 Å². The molecule has 0 amide bonds. The maximum atomic E-state index is 14.4. The van der Waals surface area contributed by atoms with Crippen LogP contribution in [0.1, 0.15) is 5.56 Å². The SMILES string of the molecule is Cc1ccc(-c2ncccc2-c2ccc3[nH]ncc3c2)c(F)c1. The minimum Gasteiger partial charge on any atom is -0.278 e. The lowest BCUT2D eigenvalue weighted by atomic mass is 9.97. The molecule has 0 aliphatic rings. The summed E-state index contributed by atoms with van der Waals surface area (Å²) < 4.78 is 14.4. The highest BCUT2D eigenvalue weighted by atomic mass is 19.1. The maximum Gasteiger partial charge on any atom is 0.132 e. The van der Waals surface area contributed by atoms with Crippen molar-refractivity contribution in [3.05, 3.63) is 72.3 Å². The van der Waals surface area contributed by atoms with Gasteiger partial charge in [-0.25, -0.2) is 4.39 Å². The Bertz CT molecular complexity index is 1000. The molecule has 0 bridgehead atoms. The molecule has 0 spiro atoms. The molecule has 2 aromatic heterocycles. The van der Waals surface area contributed by atoms with Crippen LogP contribution in [0, 0.1) is 12.7 Å². The minimum atomic E-state index is -0.255. The third-order valence-electron chi connectivity index (χ3n) is 3.94. The van der Waals surface area contributed by atoms with Crippen LogP contribution in [0.25, 0.3) is 33.3 Å². The summed E-state index contributed by atoms with van der Waals surface area (Å²) in [6.07, 6.45) is 3.47. The van der Waals surface area contributed by atoms with E-state index in [1.165, 1.54) is 6.07 Å². The summed E-state index contributed by atoms with van der Waals surface area (Å²) in [4.78, 5) is 4.42. The number of hydrogen-bond acceptors (Lipinski definition) is 2. The van der Waals surface area contributed by atoms with Crippen LogP contribution in [0.15, 0.2) is 60.9 Å². The van der Waals surface area contributed by atoms with Crippen molar-refractivity contribution in [1.82, 2.24) is 15.2 Å². The van der Waals surface area contributed by atoms with E-state index < -0.39 is 0 Å². The second kappa shape index (κ2) is 5.32. The Morgan fingerprint density at radius 2 is 1.91 bits per heavy atom. The number of hydrogen-bond donors (Lipinski definition) is 1. The second-order valence-corrected chi connectivity index (χ2v) is 5.55. The average molecular weight is 303 g/mol. The molecule has 3 nitrogen and oxygen atoms in total. The molecular weight excluding hydrogens is 289 g/mol. The molecule has 23 heavy (non-hydrogen) atoms. The summed E-state index contributed by atoms with van der Waals surface area (Å²) in [5, 5.41) is 7.99. The first-order valence-corrected chi connectivity index (χ1v) is 7.37. The van der Waals surface area contributed by atoms with Crippen molar-refractivity contribution in [3.8, 4) is 22.4 Å². The molecule has 4 aromatic rings. The summed E-state index contributed by atoms with van der Waals surface area (Å²) in [6, 6.07) is 15.0. The number of pyridine rings is 1. The van der Waals surface area contributed by atoms with Crippen molar-refractivity contribution >= 4 is 10.9 Å². The monoisotopic (exact) mass is 303 g/mol. The van der Waals surface area contributed by atoms with Gasteiger partial charge in [0.25, 0.3) is 0 Å². The van der Waals surface area contributed by atoms with Gasteiger partial charge >= 0.3 is 0 Å². The van der Waals surface area contributed by atoms with Gasteiger partial charge in [0.15, 0.2) is 0 Å². The zero-order valence-corrected chi connectivity index (χ0v) is 12.5. The number of H-pyrrole nitrogens is 1. The molecule has 0 saturated carbocycles. The number of aromatic nitrogens is 3. The van der Waals surface area contributed by atoms with E-state index >= 15 is 0 Å². The third-order valence-corrected chi connectivity index (χ3v) is 3.94. The van der Waals surface area contributed by atoms with E-state index in [0.717, 1.165) is 27.6 Å². The summed E-state index contributed by atoms with van der Waals surface area (Å²) in [7, 11) is 0. The molecule has 4 heteroatoms. The van der Waals surface area contributed by atoms with Crippen molar-refractivity contribution in [2.75, 3.05) is 0 Å². The first-order chi connectivity index (χ1) is 11.2. The van der Waals surface area contributed by atoms with Crippen molar-refractivity contribution in [2.24, 2.45) is 0 Å². The zero-order chi connectivity index (χ0) is 15.8. The van der Waals surface area contributed by atoms with Gasteiger partial charge in [0, 0.05) is 22.7 Å². The van der Waals surface area contributed by atoms with Gasteiger partial charge in [-0.15, -0.1) is 0 Å². The number of aryl methyl sites for hydroxylation is 1. The Balaban J connectivity index is 1.92. The zero-order valence-electron chi connectivity index (χ0n) is 12.5. The summed E-state index contributed by atoms with van der Waals surface area (Å²) in [6.45, 7) is 1.87. The topological polar surface area (TPSA) is 41.6 Å². The molecule has 0 radical (unpaired) electrons. The quantitative estimate of drug-likeness (QED) is 0.581. The fourth-order valence-corrected chi connectivity index (χ4v) is 2.78. The molecule has 1 N–H and O–H groups in total. The van der Waals surface area contributed by atoms with E-state index in [2.05, 4.69) is 15.2 Å². The maximum absolute atomic E-state index is 14.4. The third kappa shape index (κ3) is 2.38. The number of nitrogens with zero attached hydrogens (tertiary/aromatic N) is 2. The lowest BCUT2D eigenvalue weighted by molar-refractivity contribution is 0.629. The van der Waals surface area contributed by atoms with Crippen LogP contribution in [-0.4, -0.2) is 15.2 Å². The molecule has 2 heterocycles. The van der Waals surface area contributed by atoms with Gasteiger partial charge in [-0.1, -0.05) is 18.2 Å². The summed E-state index contributed by atoms with van der Waals surface area (Å²) in [5.74, 6) is -0.255. The molecule has 0 saturated heterocycles. The normalized spacial score (nSPS) is 11.0. The highest BCUT2D eigenvalue weighted by Crippen LogP contribution is 2.33. The predicted octanol–water partition coefficient (Wildman–Crippen LogP) is 4.74. The number of benzene rings is 2. The molecule has 112 valence electrons. The number of aromatic amines is 1. The van der Waals surface area contributed by atoms with Crippen LogP contribution in [-0.2, 0) is 0 Å². The second-order valence-electron chi connectivity index (χ2n) is 5.55. The Labute approximate surface area is 132 Å². The molecule has 2 aromatic carbocycles. The summed E-state index contributed by atoms with van der Waals surface area (Å²) >= 11 is 0. The minimum absolute atomic E-state index is 0.255. The van der Waals surface area contributed by atoms with E-state index in [1.807, 2.05) is 43.3 Å².